The van der Waals surface area contributed by atoms with E-state index in [2.05, 4.69) is 30.9 Å². The number of carboxylic acid groups (broad SMARTS) is 1. The molecule has 3 amide bonds. The number of amides is 3. The number of hydrogen-bond acceptors (Lipinski definition) is 6. The highest BCUT2D eigenvalue weighted by Crippen LogP contribution is 2.20. The number of rotatable bonds is 15. The number of nitrogens with zero attached hydrogens (tertiary/aromatic N) is 1. The summed E-state index contributed by atoms with van der Waals surface area (Å²) >= 11 is 0. The molecule has 0 radical (unpaired) electrons. The predicted molar refractivity (Wildman–Crippen MR) is 166 cm³/mol. The second-order valence-corrected chi connectivity index (χ2v) is 10.4. The van der Waals surface area contributed by atoms with Gasteiger partial charge in [-0.15, -0.1) is 0 Å². The molecule has 0 fully saturated rings. The molecule has 2 aromatic heterocycles. The Morgan fingerprint density at radius 1 is 0.773 bits per heavy atom. The molecular formula is C30H37N9O5. The van der Waals surface area contributed by atoms with Crippen molar-refractivity contribution in [3.63, 3.8) is 0 Å². The SMILES string of the molecule is NCC(=O)NC(Cc1c[nH]c2ccccc12)C(=O)NC(CCCN=C(N)N)C(=O)NC(Cc1c[nH]c2ccccc12)C(=O)O. The van der Waals surface area contributed by atoms with Crippen LogP contribution in [0.15, 0.2) is 65.9 Å². The molecule has 4 rings (SSSR count). The first-order valence-electron chi connectivity index (χ1n) is 14.1. The lowest BCUT2D eigenvalue weighted by Crippen LogP contribution is -2.57. The summed E-state index contributed by atoms with van der Waals surface area (Å²) in [6.45, 7) is -0.156. The van der Waals surface area contributed by atoms with Gasteiger partial charge in [-0.25, -0.2) is 4.79 Å². The normalized spacial score (nSPS) is 13.1. The number of nitrogens with one attached hydrogen (secondary N) is 5. The molecule has 0 aliphatic heterocycles. The molecular weight excluding hydrogens is 566 g/mol. The molecule has 2 aromatic carbocycles. The standard InChI is InChI=1S/C30H37N9O5/c31-14-26(40)37-24(12-17-15-35-21-8-3-1-6-19(17)21)28(42)38-23(10-5-11-34-30(32)33)27(41)39-25(29(43)44)13-18-16-36-22-9-4-2-7-20(18)22/h1-4,6-9,15-16,23-25,35-36H,5,10-14,31H2,(H,37,40)(H,38,42)(H,39,41)(H,43,44)(H4,32,33,34). The first-order valence-corrected chi connectivity index (χ1v) is 14.1. The number of benzene rings is 2. The van der Waals surface area contributed by atoms with Crippen molar-refractivity contribution in [3.8, 4) is 0 Å². The molecule has 0 bridgehead atoms. The van der Waals surface area contributed by atoms with E-state index in [-0.39, 0.29) is 38.3 Å². The Bertz CT molecular complexity index is 1660. The summed E-state index contributed by atoms with van der Waals surface area (Å²) in [4.78, 5) is 61.7. The second-order valence-electron chi connectivity index (χ2n) is 10.4. The van der Waals surface area contributed by atoms with Gasteiger partial charge in [0.1, 0.15) is 18.1 Å². The number of guanidine groups is 1. The molecule has 4 aromatic rings. The highest BCUT2D eigenvalue weighted by molar-refractivity contribution is 5.94. The maximum absolute atomic E-state index is 13.6. The Balaban J connectivity index is 1.53. The minimum atomic E-state index is -1.28. The van der Waals surface area contributed by atoms with Crippen molar-refractivity contribution in [1.82, 2.24) is 25.9 Å². The fraction of sp³-hybridized carbons (Fsp3) is 0.300. The minimum Gasteiger partial charge on any atom is -0.480 e. The molecule has 232 valence electrons. The molecule has 14 heteroatoms. The van der Waals surface area contributed by atoms with Crippen molar-refractivity contribution in [2.45, 2.75) is 43.8 Å². The number of para-hydroxylation sites is 2. The summed E-state index contributed by atoms with van der Waals surface area (Å²) in [5.41, 5.74) is 19.5. The van der Waals surface area contributed by atoms with Crippen molar-refractivity contribution in [1.29, 1.82) is 0 Å². The lowest BCUT2D eigenvalue weighted by molar-refractivity contribution is -0.142. The van der Waals surface area contributed by atoms with Crippen LogP contribution in [-0.4, -0.2) is 75.9 Å². The van der Waals surface area contributed by atoms with Crippen LogP contribution in [0.3, 0.4) is 0 Å². The van der Waals surface area contributed by atoms with Gasteiger partial charge in [-0.2, -0.15) is 0 Å². The number of carboxylic acids is 1. The van der Waals surface area contributed by atoms with E-state index in [1.54, 1.807) is 12.4 Å². The van der Waals surface area contributed by atoms with E-state index in [1.165, 1.54) is 0 Å². The van der Waals surface area contributed by atoms with Gasteiger partial charge < -0.3 is 48.2 Å². The van der Waals surface area contributed by atoms with Crippen molar-refractivity contribution < 1.29 is 24.3 Å². The van der Waals surface area contributed by atoms with Gasteiger partial charge in [0.25, 0.3) is 0 Å². The van der Waals surface area contributed by atoms with Crippen LogP contribution >= 0.6 is 0 Å². The van der Waals surface area contributed by atoms with Crippen LogP contribution in [-0.2, 0) is 32.0 Å². The Morgan fingerprint density at radius 3 is 1.84 bits per heavy atom. The zero-order chi connectivity index (χ0) is 31.6. The smallest absolute Gasteiger partial charge is 0.326 e. The van der Waals surface area contributed by atoms with Crippen LogP contribution in [0.25, 0.3) is 21.8 Å². The zero-order valence-corrected chi connectivity index (χ0v) is 24.0. The topological polar surface area (TPSA) is 247 Å². The molecule has 2 heterocycles. The number of aliphatic carboxylic acids is 1. The average Bonchev–Trinajstić information content (AvgIpc) is 3.61. The van der Waals surface area contributed by atoms with Crippen LogP contribution < -0.4 is 33.2 Å². The number of nitrogens with two attached hydrogens (primary N) is 3. The van der Waals surface area contributed by atoms with Gasteiger partial charge in [0.2, 0.25) is 17.7 Å². The number of aromatic amines is 2. The molecule has 0 spiro atoms. The average molecular weight is 604 g/mol. The van der Waals surface area contributed by atoms with E-state index in [1.807, 2.05) is 48.5 Å². The summed E-state index contributed by atoms with van der Waals surface area (Å²) in [6, 6.07) is 11.4. The van der Waals surface area contributed by atoms with E-state index in [0.29, 0.717) is 12.0 Å². The molecule has 14 nitrogen and oxygen atoms in total. The molecule has 3 atom stereocenters. The van der Waals surface area contributed by atoms with E-state index >= 15 is 0 Å². The van der Waals surface area contributed by atoms with Crippen LogP contribution in [0.4, 0.5) is 0 Å². The van der Waals surface area contributed by atoms with E-state index in [0.717, 1.165) is 27.4 Å². The lowest BCUT2D eigenvalue weighted by Gasteiger charge is -2.24. The van der Waals surface area contributed by atoms with Crippen molar-refractivity contribution >= 4 is 51.5 Å². The number of H-pyrrole nitrogens is 2. The van der Waals surface area contributed by atoms with Crippen LogP contribution in [0.5, 0.6) is 0 Å². The summed E-state index contributed by atoms with van der Waals surface area (Å²) < 4.78 is 0. The highest BCUT2D eigenvalue weighted by atomic mass is 16.4. The van der Waals surface area contributed by atoms with Crippen molar-refractivity contribution in [2.24, 2.45) is 22.2 Å². The number of carbonyl (C=O) groups is 4. The first kappa shape index (κ1) is 31.6. The van der Waals surface area contributed by atoms with E-state index in [4.69, 9.17) is 17.2 Å². The summed E-state index contributed by atoms with van der Waals surface area (Å²) in [5, 5.41) is 19.6. The van der Waals surface area contributed by atoms with Gasteiger partial charge in [0, 0.05) is 53.6 Å². The molecule has 0 aliphatic carbocycles. The third-order valence-corrected chi connectivity index (χ3v) is 7.23. The Morgan fingerprint density at radius 2 is 1.30 bits per heavy atom. The predicted octanol–water partition coefficient (Wildman–Crippen LogP) is -0.0143. The number of aliphatic imine (C=N–C) groups is 1. The Labute approximate surface area is 252 Å². The Kier molecular flexibility index (Phi) is 10.5. The highest BCUT2D eigenvalue weighted by Gasteiger charge is 2.30. The fourth-order valence-electron chi connectivity index (χ4n) is 5.02. The zero-order valence-electron chi connectivity index (χ0n) is 24.0. The van der Waals surface area contributed by atoms with Gasteiger partial charge in [0.15, 0.2) is 5.96 Å². The first-order chi connectivity index (χ1) is 21.2. The van der Waals surface area contributed by atoms with Crippen LogP contribution in [0, 0.1) is 0 Å². The molecule has 3 unspecified atom stereocenters. The second kappa shape index (κ2) is 14.7. The van der Waals surface area contributed by atoms with Crippen LogP contribution in [0.2, 0.25) is 0 Å². The van der Waals surface area contributed by atoms with Crippen molar-refractivity contribution in [2.75, 3.05) is 13.1 Å². The summed E-state index contributed by atoms with van der Waals surface area (Å²) in [6.07, 6.45) is 3.98. The van der Waals surface area contributed by atoms with E-state index < -0.39 is 41.8 Å². The largest absolute Gasteiger partial charge is 0.480 e. The number of fused-ring (bicyclic) bond motifs is 2. The minimum absolute atomic E-state index is 0.00942. The van der Waals surface area contributed by atoms with Gasteiger partial charge >= 0.3 is 5.97 Å². The lowest BCUT2D eigenvalue weighted by atomic mass is 10.0. The number of aromatic nitrogens is 2. The molecule has 44 heavy (non-hydrogen) atoms. The van der Waals surface area contributed by atoms with E-state index in [9.17, 15) is 24.3 Å². The molecule has 12 N–H and O–H groups in total. The monoisotopic (exact) mass is 603 g/mol. The maximum Gasteiger partial charge on any atom is 0.326 e. The molecule has 0 saturated heterocycles. The number of carbonyl (C=O) groups excluding carboxylic acids is 3. The van der Waals surface area contributed by atoms with Gasteiger partial charge in [-0.3, -0.25) is 19.4 Å². The summed E-state index contributed by atoms with van der Waals surface area (Å²) in [5.74, 6) is -3.25. The van der Waals surface area contributed by atoms with Crippen molar-refractivity contribution in [3.05, 3.63) is 72.1 Å². The van der Waals surface area contributed by atoms with Gasteiger partial charge in [-0.1, -0.05) is 36.4 Å². The number of hydrogen-bond donors (Lipinski definition) is 9. The maximum atomic E-state index is 13.6. The van der Waals surface area contributed by atoms with Gasteiger partial charge in [-0.05, 0) is 36.1 Å². The third kappa shape index (κ3) is 8.13. The molecule has 0 saturated carbocycles. The molecule has 0 aliphatic rings. The fourth-order valence-corrected chi connectivity index (χ4v) is 5.02. The van der Waals surface area contributed by atoms with Crippen LogP contribution in [0.1, 0.15) is 24.0 Å². The quantitative estimate of drug-likeness (QED) is 0.0506. The third-order valence-electron chi connectivity index (χ3n) is 7.23. The summed E-state index contributed by atoms with van der Waals surface area (Å²) in [7, 11) is 0. The van der Waals surface area contributed by atoms with Gasteiger partial charge in [0.05, 0.1) is 6.54 Å². The Hall–Kier alpha value is -5.37.